The number of alkyl halides is 1. The molecule has 0 saturated heterocycles. The van der Waals surface area contributed by atoms with Gasteiger partial charge in [-0.25, -0.2) is 4.98 Å². The smallest absolute Gasteiger partial charge is 0.268 e. The molecule has 0 aromatic carbocycles. The Morgan fingerprint density at radius 1 is 1.64 bits per heavy atom. The van der Waals surface area contributed by atoms with Gasteiger partial charge in [-0.05, 0) is 22.9 Å². The van der Waals surface area contributed by atoms with Gasteiger partial charge < -0.3 is 0 Å². The van der Waals surface area contributed by atoms with Gasteiger partial charge in [-0.1, -0.05) is 15.9 Å². The standard InChI is InChI=1S/C8H6Br2N2OS/c1-4(9)6-5(10)7(13)12-2-3-14-8(12)11-6/h2-4H,1H3. The van der Waals surface area contributed by atoms with Crippen LogP contribution < -0.4 is 5.56 Å². The molecule has 2 aromatic rings. The summed E-state index contributed by atoms with van der Waals surface area (Å²) in [4.78, 5) is 16.9. The van der Waals surface area contributed by atoms with E-state index in [0.717, 1.165) is 10.7 Å². The van der Waals surface area contributed by atoms with Gasteiger partial charge in [0.15, 0.2) is 4.96 Å². The Morgan fingerprint density at radius 2 is 2.36 bits per heavy atom. The summed E-state index contributed by atoms with van der Waals surface area (Å²) in [5.74, 6) is 0. The first kappa shape index (κ1) is 10.3. The molecule has 74 valence electrons. The fourth-order valence-corrected chi connectivity index (χ4v) is 3.11. The first-order chi connectivity index (χ1) is 6.61. The summed E-state index contributed by atoms with van der Waals surface area (Å²) in [6, 6.07) is 0. The van der Waals surface area contributed by atoms with E-state index in [1.54, 1.807) is 6.20 Å². The molecule has 0 spiro atoms. The van der Waals surface area contributed by atoms with Gasteiger partial charge in [0.05, 0.1) is 10.5 Å². The SMILES string of the molecule is CC(Br)c1nc2sccn2c(=O)c1Br. The van der Waals surface area contributed by atoms with E-state index >= 15 is 0 Å². The van der Waals surface area contributed by atoms with Gasteiger partial charge in [-0.15, -0.1) is 11.3 Å². The molecule has 1 unspecified atom stereocenters. The second-order valence-corrected chi connectivity index (χ2v) is 5.83. The maximum atomic E-state index is 11.8. The molecule has 2 aromatic heterocycles. The van der Waals surface area contributed by atoms with E-state index in [4.69, 9.17) is 0 Å². The Labute approximate surface area is 101 Å². The lowest BCUT2D eigenvalue weighted by atomic mass is 10.3. The molecule has 0 amide bonds. The molecule has 0 bridgehead atoms. The highest BCUT2D eigenvalue weighted by molar-refractivity contribution is 9.11. The Morgan fingerprint density at radius 3 is 3.00 bits per heavy atom. The van der Waals surface area contributed by atoms with Crippen LogP contribution in [0.25, 0.3) is 4.96 Å². The van der Waals surface area contributed by atoms with Crippen molar-refractivity contribution in [3.63, 3.8) is 0 Å². The predicted octanol–water partition coefficient (Wildman–Crippen LogP) is 2.97. The Bertz CT molecular complexity index is 532. The molecule has 0 aliphatic carbocycles. The second-order valence-electron chi connectivity index (χ2n) is 2.79. The third-order valence-electron chi connectivity index (χ3n) is 1.81. The van der Waals surface area contributed by atoms with E-state index in [0.29, 0.717) is 4.47 Å². The first-order valence-electron chi connectivity index (χ1n) is 3.90. The molecule has 2 rings (SSSR count). The van der Waals surface area contributed by atoms with Crippen LogP contribution in [0.4, 0.5) is 0 Å². The molecular weight excluding hydrogens is 332 g/mol. The van der Waals surface area contributed by atoms with Crippen LogP contribution in [-0.2, 0) is 0 Å². The lowest BCUT2D eigenvalue weighted by molar-refractivity contribution is 0.959. The Kier molecular flexibility index (Phi) is 2.77. The van der Waals surface area contributed by atoms with Gasteiger partial charge in [0.1, 0.15) is 4.47 Å². The van der Waals surface area contributed by atoms with Crippen LogP contribution in [0, 0.1) is 0 Å². The fraction of sp³-hybridized carbons (Fsp3) is 0.250. The van der Waals surface area contributed by atoms with Crippen molar-refractivity contribution in [2.75, 3.05) is 0 Å². The van der Waals surface area contributed by atoms with Crippen LogP contribution in [-0.4, -0.2) is 9.38 Å². The fourth-order valence-electron chi connectivity index (χ4n) is 1.14. The number of halogens is 2. The molecule has 0 fully saturated rings. The monoisotopic (exact) mass is 336 g/mol. The zero-order valence-corrected chi connectivity index (χ0v) is 11.2. The maximum absolute atomic E-state index is 11.8. The summed E-state index contributed by atoms with van der Waals surface area (Å²) in [7, 11) is 0. The molecule has 0 aliphatic heterocycles. The highest BCUT2D eigenvalue weighted by Gasteiger charge is 2.14. The molecule has 0 radical (unpaired) electrons. The van der Waals surface area contributed by atoms with E-state index in [1.807, 2.05) is 12.3 Å². The lowest BCUT2D eigenvalue weighted by Crippen LogP contribution is -2.16. The normalized spacial score (nSPS) is 13.4. The van der Waals surface area contributed by atoms with Crippen molar-refractivity contribution >= 4 is 48.2 Å². The van der Waals surface area contributed by atoms with Crippen molar-refractivity contribution in [1.29, 1.82) is 0 Å². The summed E-state index contributed by atoms with van der Waals surface area (Å²) in [6.07, 6.45) is 1.72. The highest BCUT2D eigenvalue weighted by Crippen LogP contribution is 2.25. The van der Waals surface area contributed by atoms with Crippen LogP contribution in [0.2, 0.25) is 0 Å². The quantitative estimate of drug-likeness (QED) is 0.750. The van der Waals surface area contributed by atoms with E-state index in [1.165, 1.54) is 15.7 Å². The molecule has 14 heavy (non-hydrogen) atoms. The average molecular weight is 338 g/mol. The molecule has 0 N–H and O–H groups in total. The third-order valence-corrected chi connectivity index (χ3v) is 3.75. The maximum Gasteiger partial charge on any atom is 0.273 e. The molecule has 1 atom stereocenters. The van der Waals surface area contributed by atoms with Crippen LogP contribution in [0.15, 0.2) is 20.8 Å². The number of hydrogen-bond donors (Lipinski definition) is 0. The average Bonchev–Trinajstić information content (AvgIpc) is 2.58. The number of fused-ring (bicyclic) bond motifs is 1. The predicted molar refractivity (Wildman–Crippen MR) is 64.4 cm³/mol. The lowest BCUT2D eigenvalue weighted by Gasteiger charge is -2.04. The minimum atomic E-state index is -0.0578. The van der Waals surface area contributed by atoms with E-state index < -0.39 is 0 Å². The van der Waals surface area contributed by atoms with Crippen molar-refractivity contribution < 1.29 is 0 Å². The minimum Gasteiger partial charge on any atom is -0.268 e. The van der Waals surface area contributed by atoms with Crippen molar-refractivity contribution in [1.82, 2.24) is 9.38 Å². The van der Waals surface area contributed by atoms with Crippen LogP contribution in [0.3, 0.4) is 0 Å². The molecule has 2 heterocycles. The van der Waals surface area contributed by atoms with Crippen molar-refractivity contribution in [2.45, 2.75) is 11.8 Å². The van der Waals surface area contributed by atoms with E-state index in [9.17, 15) is 4.79 Å². The number of nitrogens with zero attached hydrogens (tertiary/aromatic N) is 2. The molecule has 3 nitrogen and oxygen atoms in total. The van der Waals surface area contributed by atoms with Gasteiger partial charge in [0, 0.05) is 11.6 Å². The zero-order valence-electron chi connectivity index (χ0n) is 7.20. The van der Waals surface area contributed by atoms with E-state index in [2.05, 4.69) is 36.8 Å². The van der Waals surface area contributed by atoms with Gasteiger partial charge in [-0.2, -0.15) is 0 Å². The summed E-state index contributed by atoms with van der Waals surface area (Å²) < 4.78 is 2.06. The Balaban J connectivity index is 2.87. The van der Waals surface area contributed by atoms with Gasteiger partial charge >= 0.3 is 0 Å². The minimum absolute atomic E-state index is 0.0578. The van der Waals surface area contributed by atoms with Crippen molar-refractivity contribution in [3.8, 4) is 0 Å². The van der Waals surface area contributed by atoms with E-state index in [-0.39, 0.29) is 10.4 Å². The first-order valence-corrected chi connectivity index (χ1v) is 6.49. The zero-order chi connectivity index (χ0) is 10.3. The molecule has 0 aliphatic rings. The van der Waals surface area contributed by atoms with Crippen molar-refractivity contribution in [3.05, 3.63) is 32.1 Å². The van der Waals surface area contributed by atoms with Crippen LogP contribution in [0.5, 0.6) is 0 Å². The van der Waals surface area contributed by atoms with Crippen molar-refractivity contribution in [2.24, 2.45) is 0 Å². The topological polar surface area (TPSA) is 34.4 Å². The number of aromatic nitrogens is 2. The summed E-state index contributed by atoms with van der Waals surface area (Å²) >= 11 is 8.12. The Hall–Kier alpha value is -0.200. The third kappa shape index (κ3) is 1.55. The molecule has 0 saturated carbocycles. The number of thiazole rings is 1. The van der Waals surface area contributed by atoms with Gasteiger partial charge in [0.2, 0.25) is 0 Å². The number of hydrogen-bond acceptors (Lipinski definition) is 3. The highest BCUT2D eigenvalue weighted by atomic mass is 79.9. The number of rotatable bonds is 1. The molecule has 6 heteroatoms. The van der Waals surface area contributed by atoms with Crippen LogP contribution in [0.1, 0.15) is 17.4 Å². The summed E-state index contributed by atoms with van der Waals surface area (Å²) in [5.41, 5.74) is 0.690. The summed E-state index contributed by atoms with van der Waals surface area (Å²) in [5, 5.41) is 1.85. The van der Waals surface area contributed by atoms with Crippen LogP contribution >= 0.6 is 43.2 Å². The molecular formula is C8H6Br2N2OS. The second kappa shape index (κ2) is 3.75. The summed E-state index contributed by atoms with van der Waals surface area (Å²) in [6.45, 7) is 1.94. The van der Waals surface area contributed by atoms with Gasteiger partial charge in [-0.3, -0.25) is 9.20 Å². The van der Waals surface area contributed by atoms with Gasteiger partial charge in [0.25, 0.3) is 5.56 Å². The largest absolute Gasteiger partial charge is 0.273 e.